The minimum atomic E-state index is -4.72. The van der Waals surface area contributed by atoms with E-state index in [-0.39, 0.29) is 24.0 Å². The molecule has 0 spiro atoms. The van der Waals surface area contributed by atoms with Crippen LogP contribution in [0.4, 0.5) is 18.9 Å². The van der Waals surface area contributed by atoms with Gasteiger partial charge in [0.2, 0.25) is 5.91 Å². The monoisotopic (exact) mass is 417 g/mol. The maximum atomic E-state index is 12.7. The van der Waals surface area contributed by atoms with Crippen molar-refractivity contribution in [3.63, 3.8) is 0 Å². The van der Waals surface area contributed by atoms with E-state index < -0.39 is 6.36 Å². The number of anilines is 1. The van der Waals surface area contributed by atoms with E-state index in [1.165, 1.54) is 30.5 Å². The number of ether oxygens (including phenoxy) is 1. The topological polar surface area (TPSA) is 38.3 Å². The largest absolute Gasteiger partial charge is 0.573 e. The number of halogens is 3. The summed E-state index contributed by atoms with van der Waals surface area (Å²) in [6.07, 6.45) is 2.94. The van der Waals surface area contributed by atoms with E-state index in [1.54, 1.807) is 6.07 Å². The van der Waals surface area contributed by atoms with Gasteiger partial charge in [0.15, 0.2) is 0 Å². The van der Waals surface area contributed by atoms with Gasteiger partial charge in [-0.05, 0) is 84.9 Å². The van der Waals surface area contributed by atoms with Crippen molar-refractivity contribution in [1.29, 1.82) is 0 Å². The van der Waals surface area contributed by atoms with Gasteiger partial charge in [-0.3, -0.25) is 4.79 Å². The molecule has 2 aliphatic carbocycles. The first-order valence-electron chi connectivity index (χ1n) is 10.6. The van der Waals surface area contributed by atoms with Gasteiger partial charge >= 0.3 is 6.36 Å². The third-order valence-electron chi connectivity index (χ3n) is 5.93. The minimum Gasteiger partial charge on any atom is -0.406 e. The number of carbonyl (C=O) groups is 1. The smallest absolute Gasteiger partial charge is 0.406 e. The Hall–Kier alpha value is -2.50. The van der Waals surface area contributed by atoms with E-state index in [2.05, 4.69) is 16.1 Å². The second-order valence-electron chi connectivity index (χ2n) is 8.46. The number of hydrogen-bond acceptors (Lipinski definition) is 2. The molecule has 2 aromatic rings. The van der Waals surface area contributed by atoms with E-state index in [1.807, 2.05) is 18.2 Å². The lowest BCUT2D eigenvalue weighted by Crippen LogP contribution is -2.18. The first-order chi connectivity index (χ1) is 14.4. The predicted octanol–water partition coefficient (Wildman–Crippen LogP) is 6.38. The summed E-state index contributed by atoms with van der Waals surface area (Å²) in [6.45, 7) is 0. The van der Waals surface area contributed by atoms with Crippen molar-refractivity contribution in [3.05, 3.63) is 59.2 Å². The molecule has 1 amide bonds. The van der Waals surface area contributed by atoms with Crippen molar-refractivity contribution >= 4 is 11.6 Å². The molecule has 2 fully saturated rings. The summed E-state index contributed by atoms with van der Waals surface area (Å²) in [5.41, 5.74) is 3.54. The van der Waals surface area contributed by atoms with Crippen molar-refractivity contribution in [2.75, 3.05) is 5.32 Å². The molecule has 0 saturated heterocycles. The third kappa shape index (κ3) is 5.77. The molecule has 0 unspecified atom stereocenters. The number of benzene rings is 2. The fraction of sp³-hybridized carbons (Fsp3) is 0.458. The summed E-state index contributed by atoms with van der Waals surface area (Å²) in [5.74, 6) is 0.553. The maximum absolute atomic E-state index is 12.7. The molecular formula is C24H26F3NO2. The van der Waals surface area contributed by atoms with Gasteiger partial charge in [0.25, 0.3) is 0 Å². The van der Waals surface area contributed by atoms with Gasteiger partial charge < -0.3 is 10.1 Å². The van der Waals surface area contributed by atoms with E-state index in [0.717, 1.165) is 54.8 Å². The van der Waals surface area contributed by atoms with E-state index in [0.29, 0.717) is 0 Å². The zero-order valence-electron chi connectivity index (χ0n) is 16.8. The van der Waals surface area contributed by atoms with Crippen LogP contribution < -0.4 is 10.1 Å². The van der Waals surface area contributed by atoms with Crippen LogP contribution in [0.3, 0.4) is 0 Å². The second kappa shape index (κ2) is 8.70. The normalized spacial score (nSPS) is 17.2. The fourth-order valence-corrected chi connectivity index (χ4v) is 4.36. The number of amides is 1. The highest BCUT2D eigenvalue weighted by Gasteiger charge is 2.32. The van der Waals surface area contributed by atoms with Gasteiger partial charge in [0.1, 0.15) is 5.75 Å². The van der Waals surface area contributed by atoms with Crippen LogP contribution in [0, 0.1) is 5.92 Å². The molecule has 0 atom stereocenters. The molecule has 6 heteroatoms. The lowest BCUT2D eigenvalue weighted by molar-refractivity contribution is -0.274. The van der Waals surface area contributed by atoms with Crippen LogP contribution in [0.25, 0.3) is 0 Å². The van der Waals surface area contributed by atoms with Gasteiger partial charge in [-0.2, -0.15) is 0 Å². The molecule has 2 aliphatic rings. The van der Waals surface area contributed by atoms with E-state index in [4.69, 9.17) is 0 Å². The van der Waals surface area contributed by atoms with Crippen LogP contribution in [-0.4, -0.2) is 12.3 Å². The van der Waals surface area contributed by atoms with Crippen molar-refractivity contribution in [1.82, 2.24) is 0 Å². The van der Waals surface area contributed by atoms with Gasteiger partial charge in [-0.15, -0.1) is 13.2 Å². The van der Waals surface area contributed by atoms with Crippen molar-refractivity contribution in [2.24, 2.45) is 5.92 Å². The fourth-order valence-electron chi connectivity index (χ4n) is 4.36. The summed E-state index contributed by atoms with van der Waals surface area (Å²) in [5, 5.41) is 2.94. The quantitative estimate of drug-likeness (QED) is 0.568. The molecule has 30 heavy (non-hydrogen) atoms. The summed E-state index contributed by atoms with van der Waals surface area (Å²) >= 11 is 0. The van der Waals surface area contributed by atoms with Gasteiger partial charge in [-0.1, -0.05) is 31.0 Å². The number of hydrogen-bond donors (Lipinski definition) is 1. The van der Waals surface area contributed by atoms with Crippen molar-refractivity contribution < 1.29 is 22.7 Å². The molecule has 0 aromatic heterocycles. The predicted molar refractivity (Wildman–Crippen MR) is 110 cm³/mol. The Bertz CT molecular complexity index is 900. The molecule has 2 aromatic carbocycles. The van der Waals surface area contributed by atoms with Gasteiger partial charge in [-0.25, -0.2) is 0 Å². The Kier molecular flexibility index (Phi) is 6.02. The number of carbonyl (C=O) groups excluding carboxylic acids is 1. The number of rotatable bonds is 7. The summed E-state index contributed by atoms with van der Waals surface area (Å²) in [6, 6.07) is 12.2. The number of alkyl halides is 3. The molecule has 3 nitrogen and oxygen atoms in total. The van der Waals surface area contributed by atoms with Crippen LogP contribution in [0.15, 0.2) is 42.5 Å². The zero-order chi connectivity index (χ0) is 21.1. The Morgan fingerprint density at radius 3 is 2.50 bits per heavy atom. The van der Waals surface area contributed by atoms with Gasteiger partial charge in [0.05, 0.1) is 6.42 Å². The molecule has 2 saturated carbocycles. The molecular weight excluding hydrogens is 391 g/mol. The lowest BCUT2D eigenvalue weighted by atomic mass is 9.91. The molecule has 4 rings (SSSR count). The molecule has 160 valence electrons. The summed E-state index contributed by atoms with van der Waals surface area (Å²) < 4.78 is 42.0. The van der Waals surface area contributed by atoms with Crippen LogP contribution in [0.2, 0.25) is 0 Å². The average molecular weight is 417 g/mol. The van der Waals surface area contributed by atoms with E-state index >= 15 is 0 Å². The number of nitrogens with one attached hydrogen (secondary N) is 1. The third-order valence-corrected chi connectivity index (χ3v) is 5.93. The molecule has 0 heterocycles. The maximum Gasteiger partial charge on any atom is 0.573 e. The Morgan fingerprint density at radius 1 is 1.03 bits per heavy atom. The van der Waals surface area contributed by atoms with Crippen LogP contribution in [-0.2, 0) is 17.6 Å². The standard InChI is InChI=1S/C24H26F3NO2/c25-24(26,27)30-21-11-10-19(22(15-21)18-5-1-2-6-18)14-23(29)28-20-7-3-4-17(13-20)12-16-8-9-16/h3-4,7,10-11,13,15-16,18H,1-2,5-6,8-9,12,14H2,(H,28,29). The summed E-state index contributed by atoms with van der Waals surface area (Å²) in [4.78, 5) is 12.7. The van der Waals surface area contributed by atoms with Crippen molar-refractivity contribution in [3.8, 4) is 5.75 Å². The highest BCUT2D eigenvalue weighted by atomic mass is 19.4. The zero-order valence-corrected chi connectivity index (χ0v) is 16.8. The Labute approximate surface area is 174 Å². The molecule has 1 N–H and O–H groups in total. The average Bonchev–Trinajstić information content (AvgIpc) is 3.31. The highest BCUT2D eigenvalue weighted by Crippen LogP contribution is 2.38. The van der Waals surface area contributed by atoms with Crippen LogP contribution in [0.5, 0.6) is 5.75 Å². The second-order valence-corrected chi connectivity index (χ2v) is 8.46. The molecule has 0 aliphatic heterocycles. The minimum absolute atomic E-state index is 0.130. The SMILES string of the molecule is O=C(Cc1ccc(OC(F)(F)F)cc1C1CCCC1)Nc1cccc(CC2CC2)c1. The summed E-state index contributed by atoms with van der Waals surface area (Å²) in [7, 11) is 0. The van der Waals surface area contributed by atoms with Crippen molar-refractivity contribution in [2.45, 2.75) is 63.6 Å². The lowest BCUT2D eigenvalue weighted by Gasteiger charge is -2.18. The molecule has 0 bridgehead atoms. The highest BCUT2D eigenvalue weighted by molar-refractivity contribution is 5.92. The van der Waals surface area contributed by atoms with Crippen LogP contribution >= 0.6 is 0 Å². The van der Waals surface area contributed by atoms with E-state index in [9.17, 15) is 18.0 Å². The van der Waals surface area contributed by atoms with Gasteiger partial charge in [0, 0.05) is 5.69 Å². The molecule has 0 radical (unpaired) electrons. The Balaban J connectivity index is 1.47. The Morgan fingerprint density at radius 2 is 1.80 bits per heavy atom. The first-order valence-corrected chi connectivity index (χ1v) is 10.6. The first kappa shape index (κ1) is 20.8. The van der Waals surface area contributed by atoms with Crippen LogP contribution in [0.1, 0.15) is 61.1 Å².